The van der Waals surface area contributed by atoms with Crippen molar-refractivity contribution < 1.29 is 9.53 Å². The van der Waals surface area contributed by atoms with E-state index >= 15 is 0 Å². The number of carbonyl (C=O) groups excluding carboxylic acids is 1. The first-order chi connectivity index (χ1) is 10.3. The van der Waals surface area contributed by atoms with E-state index in [1.54, 1.807) is 13.3 Å². The van der Waals surface area contributed by atoms with Gasteiger partial charge in [-0.3, -0.25) is 4.79 Å². The van der Waals surface area contributed by atoms with Crippen LogP contribution in [0.4, 0.5) is 5.69 Å². The van der Waals surface area contributed by atoms with Crippen molar-refractivity contribution >= 4 is 22.9 Å². The van der Waals surface area contributed by atoms with E-state index in [-0.39, 0.29) is 5.91 Å². The number of rotatable bonds is 3. The third-order valence-corrected chi connectivity index (χ3v) is 4.38. The maximum atomic E-state index is 12.2. The first kappa shape index (κ1) is 13.9. The molecule has 1 amide bonds. The Morgan fingerprint density at radius 2 is 1.90 bits per heavy atom. The molecule has 2 heterocycles. The van der Waals surface area contributed by atoms with Gasteiger partial charge in [-0.15, -0.1) is 11.3 Å². The van der Waals surface area contributed by atoms with Crippen LogP contribution in [0.3, 0.4) is 0 Å². The predicted octanol–water partition coefficient (Wildman–Crippen LogP) is 2.11. The number of benzene rings is 1. The number of amides is 1. The van der Waals surface area contributed by atoms with Crippen LogP contribution in [0.2, 0.25) is 0 Å². The van der Waals surface area contributed by atoms with Crippen LogP contribution in [-0.4, -0.2) is 49.1 Å². The first-order valence-electron chi connectivity index (χ1n) is 6.85. The van der Waals surface area contributed by atoms with Gasteiger partial charge in [0, 0.05) is 43.4 Å². The minimum Gasteiger partial charge on any atom is -0.497 e. The molecule has 3 rings (SSSR count). The minimum absolute atomic E-state index is 0.0411. The Bertz CT molecular complexity index is 590. The van der Waals surface area contributed by atoms with Gasteiger partial charge in [-0.1, -0.05) is 0 Å². The standard InChI is InChI=1S/C15H17N3O2S/c1-20-13-4-2-12(3-5-13)17-7-9-18(10-8-17)15(19)14-16-6-11-21-14/h2-6,11H,7-10H2,1H3. The highest BCUT2D eigenvalue weighted by atomic mass is 32.1. The molecule has 1 aliphatic heterocycles. The largest absolute Gasteiger partial charge is 0.497 e. The van der Waals surface area contributed by atoms with Gasteiger partial charge in [0.15, 0.2) is 5.01 Å². The van der Waals surface area contributed by atoms with E-state index in [1.807, 2.05) is 22.4 Å². The van der Waals surface area contributed by atoms with Gasteiger partial charge in [0.2, 0.25) is 0 Å². The molecule has 1 fully saturated rings. The summed E-state index contributed by atoms with van der Waals surface area (Å²) in [5.74, 6) is 0.899. The van der Waals surface area contributed by atoms with E-state index < -0.39 is 0 Å². The Morgan fingerprint density at radius 1 is 1.19 bits per heavy atom. The molecular weight excluding hydrogens is 286 g/mol. The molecule has 0 unspecified atom stereocenters. The topological polar surface area (TPSA) is 45.7 Å². The fourth-order valence-corrected chi connectivity index (χ4v) is 3.03. The summed E-state index contributed by atoms with van der Waals surface area (Å²) in [6.07, 6.45) is 1.67. The van der Waals surface area contributed by atoms with Crippen molar-refractivity contribution in [1.29, 1.82) is 0 Å². The van der Waals surface area contributed by atoms with E-state index in [1.165, 1.54) is 11.3 Å². The van der Waals surface area contributed by atoms with Gasteiger partial charge in [-0.05, 0) is 24.3 Å². The van der Waals surface area contributed by atoms with E-state index in [0.717, 1.165) is 37.6 Å². The van der Waals surface area contributed by atoms with Gasteiger partial charge >= 0.3 is 0 Å². The number of carbonyl (C=O) groups is 1. The summed E-state index contributed by atoms with van der Waals surface area (Å²) in [5.41, 5.74) is 1.16. The Kier molecular flexibility index (Phi) is 4.06. The first-order valence-corrected chi connectivity index (χ1v) is 7.73. The summed E-state index contributed by atoms with van der Waals surface area (Å²) in [4.78, 5) is 20.5. The van der Waals surface area contributed by atoms with Gasteiger partial charge < -0.3 is 14.5 Å². The van der Waals surface area contributed by atoms with Crippen LogP contribution in [0.5, 0.6) is 5.75 Å². The molecule has 0 N–H and O–H groups in total. The van der Waals surface area contributed by atoms with Crippen LogP contribution in [0.1, 0.15) is 9.80 Å². The van der Waals surface area contributed by atoms with Crippen molar-refractivity contribution in [3.8, 4) is 5.75 Å². The van der Waals surface area contributed by atoms with Crippen molar-refractivity contribution in [2.75, 3.05) is 38.2 Å². The number of ether oxygens (including phenoxy) is 1. The molecule has 0 saturated carbocycles. The molecule has 5 nitrogen and oxygen atoms in total. The zero-order valence-corrected chi connectivity index (χ0v) is 12.7. The maximum Gasteiger partial charge on any atom is 0.282 e. The smallest absolute Gasteiger partial charge is 0.282 e. The Labute approximate surface area is 127 Å². The van der Waals surface area contributed by atoms with Crippen molar-refractivity contribution in [3.63, 3.8) is 0 Å². The second-order valence-electron chi connectivity index (χ2n) is 4.81. The Morgan fingerprint density at radius 3 is 2.48 bits per heavy atom. The Hall–Kier alpha value is -2.08. The fraction of sp³-hybridized carbons (Fsp3) is 0.333. The lowest BCUT2D eigenvalue weighted by molar-refractivity contribution is 0.0746. The highest BCUT2D eigenvalue weighted by Crippen LogP contribution is 2.21. The molecule has 0 atom stereocenters. The average Bonchev–Trinajstić information content (AvgIpc) is 3.09. The number of piperazine rings is 1. The second-order valence-corrected chi connectivity index (χ2v) is 5.71. The molecule has 1 aromatic heterocycles. The molecule has 21 heavy (non-hydrogen) atoms. The number of methoxy groups -OCH3 is 1. The van der Waals surface area contributed by atoms with Crippen molar-refractivity contribution in [2.45, 2.75) is 0 Å². The number of hydrogen-bond donors (Lipinski definition) is 0. The van der Waals surface area contributed by atoms with Crippen molar-refractivity contribution in [2.24, 2.45) is 0 Å². The summed E-state index contributed by atoms with van der Waals surface area (Å²) < 4.78 is 5.17. The summed E-state index contributed by atoms with van der Waals surface area (Å²) in [6, 6.07) is 8.03. The van der Waals surface area contributed by atoms with E-state index in [4.69, 9.17) is 4.74 Å². The van der Waals surface area contributed by atoms with Crippen LogP contribution < -0.4 is 9.64 Å². The lowest BCUT2D eigenvalue weighted by Gasteiger charge is -2.35. The molecule has 1 saturated heterocycles. The van der Waals surface area contributed by atoms with E-state index in [2.05, 4.69) is 22.0 Å². The van der Waals surface area contributed by atoms with Crippen LogP contribution in [0.15, 0.2) is 35.8 Å². The molecule has 0 aliphatic carbocycles. The highest BCUT2D eigenvalue weighted by molar-refractivity contribution is 7.11. The van der Waals surface area contributed by atoms with Gasteiger partial charge in [0.25, 0.3) is 5.91 Å². The molecule has 6 heteroatoms. The zero-order valence-electron chi connectivity index (χ0n) is 11.9. The van der Waals surface area contributed by atoms with E-state index in [0.29, 0.717) is 5.01 Å². The number of nitrogens with zero attached hydrogens (tertiary/aromatic N) is 3. The Balaban J connectivity index is 1.60. The van der Waals surface area contributed by atoms with Crippen molar-refractivity contribution in [1.82, 2.24) is 9.88 Å². The number of anilines is 1. The average molecular weight is 303 g/mol. The SMILES string of the molecule is COc1ccc(N2CCN(C(=O)c3nccs3)CC2)cc1. The lowest BCUT2D eigenvalue weighted by Crippen LogP contribution is -2.48. The molecular formula is C15H17N3O2S. The summed E-state index contributed by atoms with van der Waals surface area (Å²) in [5, 5.41) is 2.41. The van der Waals surface area contributed by atoms with Gasteiger partial charge in [0.1, 0.15) is 5.75 Å². The van der Waals surface area contributed by atoms with Crippen molar-refractivity contribution in [3.05, 3.63) is 40.8 Å². The minimum atomic E-state index is 0.0411. The number of aromatic nitrogens is 1. The summed E-state index contributed by atoms with van der Waals surface area (Å²) >= 11 is 1.40. The second kappa shape index (κ2) is 6.13. The summed E-state index contributed by atoms with van der Waals surface area (Å²) in [7, 11) is 1.66. The quantitative estimate of drug-likeness (QED) is 0.871. The third kappa shape index (κ3) is 3.00. The lowest BCUT2D eigenvalue weighted by atomic mass is 10.2. The molecule has 2 aromatic rings. The molecule has 0 bridgehead atoms. The van der Waals surface area contributed by atoms with Gasteiger partial charge in [-0.25, -0.2) is 4.98 Å². The van der Waals surface area contributed by atoms with Gasteiger partial charge in [0.05, 0.1) is 7.11 Å². The summed E-state index contributed by atoms with van der Waals surface area (Å²) in [6.45, 7) is 3.13. The molecule has 1 aromatic carbocycles. The van der Waals surface area contributed by atoms with Crippen LogP contribution in [-0.2, 0) is 0 Å². The highest BCUT2D eigenvalue weighted by Gasteiger charge is 2.23. The van der Waals surface area contributed by atoms with Crippen LogP contribution in [0.25, 0.3) is 0 Å². The molecule has 0 spiro atoms. The zero-order chi connectivity index (χ0) is 14.7. The monoisotopic (exact) mass is 303 g/mol. The van der Waals surface area contributed by atoms with Crippen LogP contribution in [0, 0.1) is 0 Å². The molecule has 1 aliphatic rings. The number of hydrogen-bond acceptors (Lipinski definition) is 5. The molecule has 0 radical (unpaired) electrons. The number of thiazole rings is 1. The van der Waals surface area contributed by atoms with E-state index in [9.17, 15) is 4.79 Å². The maximum absolute atomic E-state index is 12.2. The normalized spacial score (nSPS) is 15.1. The van der Waals surface area contributed by atoms with Gasteiger partial charge in [-0.2, -0.15) is 0 Å². The third-order valence-electron chi connectivity index (χ3n) is 3.62. The fourth-order valence-electron chi connectivity index (χ4n) is 2.43. The van der Waals surface area contributed by atoms with Crippen LogP contribution >= 0.6 is 11.3 Å². The molecule has 110 valence electrons. The predicted molar refractivity (Wildman–Crippen MR) is 83.2 cm³/mol.